The van der Waals surface area contributed by atoms with Crippen LogP contribution in [0.5, 0.6) is 0 Å². The van der Waals surface area contributed by atoms with Crippen molar-refractivity contribution in [2.45, 2.75) is 58.7 Å². The third-order valence-electron chi connectivity index (χ3n) is 4.60. The van der Waals surface area contributed by atoms with Crippen LogP contribution in [0.2, 0.25) is 0 Å². The minimum Gasteiger partial charge on any atom is -0.366 e. The van der Waals surface area contributed by atoms with Gasteiger partial charge in [0.2, 0.25) is 0 Å². The lowest BCUT2D eigenvalue weighted by molar-refractivity contribution is -0.127. The molecule has 3 heterocycles. The summed E-state index contributed by atoms with van der Waals surface area (Å²) in [5, 5.41) is 17.1. The molecule has 1 aromatic carbocycles. The molecule has 4 rings (SSSR count). The molecular weight excluding hydrogens is 389 g/mol. The van der Waals surface area contributed by atoms with Crippen molar-refractivity contribution in [3.05, 3.63) is 59.4 Å². The SMILES string of the molecule is CC(C)(O)O.Cc1nc(C)c2ccn(C3CCC(C(=O)c4ccc(F)cc4)O3)c2n1. The molecule has 30 heavy (non-hydrogen) atoms. The number of carbonyl (C=O) groups excluding carboxylic acids is 1. The summed E-state index contributed by atoms with van der Waals surface area (Å²) in [4.78, 5) is 21.5. The van der Waals surface area contributed by atoms with E-state index in [2.05, 4.69) is 9.97 Å². The fourth-order valence-electron chi connectivity index (χ4n) is 3.37. The maximum atomic E-state index is 13.0. The highest BCUT2D eigenvalue weighted by Gasteiger charge is 2.33. The second kappa shape index (κ2) is 8.59. The van der Waals surface area contributed by atoms with Gasteiger partial charge >= 0.3 is 0 Å². The van der Waals surface area contributed by atoms with Gasteiger partial charge in [-0.15, -0.1) is 0 Å². The molecule has 1 saturated heterocycles. The average Bonchev–Trinajstić information content (AvgIpc) is 3.27. The Kier molecular flexibility index (Phi) is 6.30. The van der Waals surface area contributed by atoms with Crippen LogP contribution in [0.3, 0.4) is 0 Å². The number of hydrogen-bond donors (Lipinski definition) is 2. The average molecular weight is 415 g/mol. The predicted molar refractivity (Wildman–Crippen MR) is 109 cm³/mol. The lowest BCUT2D eigenvalue weighted by Gasteiger charge is -2.15. The van der Waals surface area contributed by atoms with E-state index in [1.165, 1.54) is 38.1 Å². The first-order valence-electron chi connectivity index (χ1n) is 9.74. The lowest BCUT2D eigenvalue weighted by Crippen LogP contribution is -2.21. The molecule has 1 fully saturated rings. The zero-order valence-electron chi connectivity index (χ0n) is 17.5. The molecule has 0 saturated carbocycles. The normalized spacial score (nSPS) is 18.9. The first-order valence-corrected chi connectivity index (χ1v) is 9.74. The summed E-state index contributed by atoms with van der Waals surface area (Å²) in [6, 6.07) is 7.56. The van der Waals surface area contributed by atoms with Crippen LogP contribution >= 0.6 is 0 Å². The standard InChI is InChI=1S/C19H18FN3O2.C3H8O2/c1-11-15-9-10-23(19(15)22-12(2)21-11)17-8-7-16(25-17)18(24)13-3-5-14(20)6-4-13;1-3(2,4)5/h3-6,9-10,16-17H,7-8H2,1-2H3;4-5H,1-2H3. The molecule has 2 unspecified atom stereocenters. The summed E-state index contributed by atoms with van der Waals surface area (Å²) < 4.78 is 21.0. The summed E-state index contributed by atoms with van der Waals surface area (Å²) in [6.45, 7) is 6.41. The molecular formula is C22H26FN3O4. The number of hydrogen-bond acceptors (Lipinski definition) is 6. The number of aromatic nitrogens is 3. The van der Waals surface area contributed by atoms with E-state index < -0.39 is 11.9 Å². The molecule has 8 heteroatoms. The van der Waals surface area contributed by atoms with Crippen LogP contribution in [0, 0.1) is 19.7 Å². The number of halogens is 1. The summed E-state index contributed by atoms with van der Waals surface area (Å²) in [5.41, 5.74) is 2.22. The van der Waals surface area contributed by atoms with Crippen molar-refractivity contribution in [2.24, 2.45) is 0 Å². The fourth-order valence-corrected chi connectivity index (χ4v) is 3.37. The van der Waals surface area contributed by atoms with Gasteiger partial charge in [0.15, 0.2) is 11.6 Å². The number of Topliss-reactive ketones (excluding diaryl/α,β-unsaturated/α-hetero) is 1. The van der Waals surface area contributed by atoms with Gasteiger partial charge in [0, 0.05) is 17.1 Å². The first kappa shape index (κ1) is 22.0. The number of carbonyl (C=O) groups is 1. The zero-order valence-corrected chi connectivity index (χ0v) is 17.5. The molecule has 0 bridgehead atoms. The van der Waals surface area contributed by atoms with Crippen molar-refractivity contribution >= 4 is 16.8 Å². The molecule has 2 N–H and O–H groups in total. The number of ether oxygens (including phenoxy) is 1. The topological polar surface area (TPSA) is 97.5 Å². The van der Waals surface area contributed by atoms with Gasteiger partial charge in [0.25, 0.3) is 0 Å². The molecule has 7 nitrogen and oxygen atoms in total. The highest BCUT2D eigenvalue weighted by atomic mass is 19.1. The third-order valence-corrected chi connectivity index (χ3v) is 4.60. The van der Waals surface area contributed by atoms with Crippen LogP contribution in [0.4, 0.5) is 4.39 Å². The van der Waals surface area contributed by atoms with Gasteiger partial charge in [-0.2, -0.15) is 0 Å². The molecule has 0 amide bonds. The second-order valence-electron chi connectivity index (χ2n) is 7.84. The van der Waals surface area contributed by atoms with Gasteiger partial charge in [-0.05, 0) is 70.9 Å². The molecule has 2 atom stereocenters. The Balaban J connectivity index is 0.000000461. The summed E-state index contributed by atoms with van der Waals surface area (Å²) in [5.74, 6) is -1.26. The van der Waals surface area contributed by atoms with E-state index in [4.69, 9.17) is 14.9 Å². The van der Waals surface area contributed by atoms with Gasteiger partial charge < -0.3 is 19.5 Å². The zero-order chi connectivity index (χ0) is 22.1. The minimum atomic E-state index is -1.50. The van der Waals surface area contributed by atoms with E-state index >= 15 is 0 Å². The van der Waals surface area contributed by atoms with Crippen molar-refractivity contribution in [3.63, 3.8) is 0 Å². The number of fused-ring (bicyclic) bond motifs is 1. The van der Waals surface area contributed by atoms with E-state index in [0.29, 0.717) is 17.8 Å². The van der Waals surface area contributed by atoms with E-state index in [0.717, 1.165) is 23.1 Å². The van der Waals surface area contributed by atoms with E-state index in [1.54, 1.807) is 0 Å². The molecule has 160 valence electrons. The van der Waals surface area contributed by atoms with Crippen molar-refractivity contribution in [1.82, 2.24) is 14.5 Å². The van der Waals surface area contributed by atoms with E-state index in [9.17, 15) is 9.18 Å². The highest BCUT2D eigenvalue weighted by Crippen LogP contribution is 2.33. The lowest BCUT2D eigenvalue weighted by atomic mass is 10.0. The van der Waals surface area contributed by atoms with E-state index in [1.807, 2.05) is 30.7 Å². The van der Waals surface area contributed by atoms with Crippen LogP contribution in [-0.2, 0) is 4.74 Å². The Morgan fingerprint density at radius 2 is 1.77 bits per heavy atom. The number of nitrogens with zero attached hydrogens (tertiary/aromatic N) is 3. The summed E-state index contributed by atoms with van der Waals surface area (Å²) >= 11 is 0. The summed E-state index contributed by atoms with van der Waals surface area (Å²) in [6.07, 6.45) is 2.53. The van der Waals surface area contributed by atoms with Gasteiger partial charge in [-0.3, -0.25) is 4.79 Å². The Hall–Kier alpha value is -2.68. The second-order valence-corrected chi connectivity index (χ2v) is 7.84. The number of benzene rings is 1. The number of ketones is 1. The van der Waals surface area contributed by atoms with Crippen molar-refractivity contribution in [1.29, 1.82) is 0 Å². The van der Waals surface area contributed by atoms with Crippen LogP contribution < -0.4 is 0 Å². The predicted octanol–water partition coefficient (Wildman–Crippen LogP) is 3.45. The van der Waals surface area contributed by atoms with Gasteiger partial charge in [0.05, 0.1) is 5.69 Å². The number of aliphatic hydroxyl groups is 2. The largest absolute Gasteiger partial charge is 0.366 e. The van der Waals surface area contributed by atoms with Crippen LogP contribution in [0.1, 0.15) is 54.8 Å². The van der Waals surface area contributed by atoms with Crippen LogP contribution in [0.15, 0.2) is 36.5 Å². The highest BCUT2D eigenvalue weighted by molar-refractivity contribution is 5.99. The van der Waals surface area contributed by atoms with Gasteiger partial charge in [0.1, 0.15) is 29.6 Å². The van der Waals surface area contributed by atoms with Crippen molar-refractivity contribution < 1.29 is 24.1 Å². The molecule has 3 aromatic rings. The molecule has 2 aromatic heterocycles. The maximum Gasteiger partial charge on any atom is 0.191 e. The Morgan fingerprint density at radius 3 is 2.40 bits per heavy atom. The van der Waals surface area contributed by atoms with Crippen LogP contribution in [-0.4, -0.2) is 42.4 Å². The summed E-state index contributed by atoms with van der Waals surface area (Å²) in [7, 11) is 0. The van der Waals surface area contributed by atoms with Crippen molar-refractivity contribution in [2.75, 3.05) is 0 Å². The minimum absolute atomic E-state index is 0.110. The fraction of sp³-hybridized carbons (Fsp3) is 0.409. The molecule has 1 aliphatic rings. The Labute approximate surface area is 174 Å². The van der Waals surface area contributed by atoms with Crippen molar-refractivity contribution in [3.8, 4) is 0 Å². The smallest absolute Gasteiger partial charge is 0.191 e. The molecule has 0 spiro atoms. The van der Waals surface area contributed by atoms with E-state index in [-0.39, 0.29) is 17.8 Å². The maximum absolute atomic E-state index is 13.0. The molecule has 0 aliphatic carbocycles. The quantitative estimate of drug-likeness (QED) is 0.502. The monoisotopic (exact) mass is 415 g/mol. The third kappa shape index (κ3) is 5.27. The van der Waals surface area contributed by atoms with Crippen LogP contribution in [0.25, 0.3) is 11.0 Å². The number of aryl methyl sites for hydroxylation is 2. The first-order chi connectivity index (χ1) is 14.0. The van der Waals surface area contributed by atoms with Gasteiger partial charge in [-0.25, -0.2) is 14.4 Å². The Morgan fingerprint density at radius 1 is 1.13 bits per heavy atom. The van der Waals surface area contributed by atoms with Gasteiger partial charge in [-0.1, -0.05) is 0 Å². The molecule has 1 aliphatic heterocycles. The Bertz CT molecular complexity index is 1030. The number of rotatable bonds is 3. The molecule has 0 radical (unpaired) electrons.